The van der Waals surface area contributed by atoms with E-state index in [0.29, 0.717) is 17.7 Å². The van der Waals surface area contributed by atoms with Crippen LogP contribution in [0.1, 0.15) is 22.8 Å². The van der Waals surface area contributed by atoms with Crippen LogP contribution in [0.4, 0.5) is 0 Å². The lowest BCUT2D eigenvalue weighted by atomic mass is 10.1. The molecular weight excluding hydrogens is 188 g/mol. The summed E-state index contributed by atoms with van der Waals surface area (Å²) in [5, 5.41) is 11.3. The second-order valence-corrected chi connectivity index (χ2v) is 2.80. The van der Waals surface area contributed by atoms with Crippen LogP contribution in [0.3, 0.4) is 0 Å². The molecule has 0 saturated carbocycles. The van der Waals surface area contributed by atoms with Crippen LogP contribution in [0.25, 0.3) is 0 Å². The number of nitrogens with one attached hydrogen (secondary N) is 1. The molecule has 0 unspecified atom stereocenters. The third-order valence-electron chi connectivity index (χ3n) is 1.77. The predicted molar refractivity (Wildman–Crippen MR) is 56.9 cm³/mol. The zero-order valence-corrected chi connectivity index (χ0v) is 8.37. The summed E-state index contributed by atoms with van der Waals surface area (Å²) in [6, 6.07) is 8.53. The summed E-state index contributed by atoms with van der Waals surface area (Å²) < 4.78 is 0. The van der Waals surface area contributed by atoms with Crippen LogP contribution >= 0.6 is 0 Å². The maximum Gasteiger partial charge on any atom is 0.252 e. The quantitative estimate of drug-likeness (QED) is 0.728. The minimum absolute atomic E-state index is 0.213. The maximum absolute atomic E-state index is 11.5. The summed E-state index contributed by atoms with van der Waals surface area (Å²) in [5.74, 6) is 5.20. The van der Waals surface area contributed by atoms with Gasteiger partial charge in [0, 0.05) is 5.56 Å². The highest BCUT2D eigenvalue weighted by Crippen LogP contribution is 2.03. The Morgan fingerprint density at radius 2 is 2.33 bits per heavy atom. The van der Waals surface area contributed by atoms with Crippen LogP contribution in [0.2, 0.25) is 0 Å². The Morgan fingerprint density at radius 1 is 1.53 bits per heavy atom. The van der Waals surface area contributed by atoms with Crippen LogP contribution < -0.4 is 5.32 Å². The topological polar surface area (TPSA) is 52.9 Å². The molecule has 1 aromatic rings. The Hall–Kier alpha value is -2.26. The molecule has 0 aliphatic rings. The summed E-state index contributed by atoms with van der Waals surface area (Å²) in [4.78, 5) is 11.5. The molecule has 0 aliphatic heterocycles. The number of benzene rings is 1. The molecule has 0 aromatic heterocycles. The minimum atomic E-state index is -0.213. The number of hydrogen-bond donors (Lipinski definition) is 1. The van der Waals surface area contributed by atoms with Crippen molar-refractivity contribution in [3.8, 4) is 17.9 Å². The summed E-state index contributed by atoms with van der Waals surface area (Å²) in [6.45, 7) is 2.04. The highest BCUT2D eigenvalue weighted by atomic mass is 16.1. The van der Waals surface area contributed by atoms with Gasteiger partial charge in [0.25, 0.3) is 5.91 Å². The van der Waals surface area contributed by atoms with E-state index in [1.54, 1.807) is 31.2 Å². The van der Waals surface area contributed by atoms with Gasteiger partial charge in [0.2, 0.25) is 0 Å². The number of hydrogen-bond acceptors (Lipinski definition) is 2. The van der Waals surface area contributed by atoms with Crippen molar-refractivity contribution in [3.05, 3.63) is 35.4 Å². The van der Waals surface area contributed by atoms with E-state index in [4.69, 9.17) is 5.26 Å². The molecule has 0 aliphatic carbocycles. The van der Waals surface area contributed by atoms with Gasteiger partial charge >= 0.3 is 0 Å². The molecule has 0 radical (unpaired) electrons. The van der Waals surface area contributed by atoms with Crippen molar-refractivity contribution in [2.75, 3.05) is 6.54 Å². The average Bonchev–Trinajstić information content (AvgIpc) is 2.29. The Bertz CT molecular complexity index is 460. The highest BCUT2D eigenvalue weighted by Gasteiger charge is 2.03. The second-order valence-electron chi connectivity index (χ2n) is 2.80. The van der Waals surface area contributed by atoms with E-state index < -0.39 is 0 Å². The Morgan fingerprint density at radius 3 is 3.00 bits per heavy atom. The third kappa shape index (κ3) is 3.17. The molecule has 0 spiro atoms. The highest BCUT2D eigenvalue weighted by molar-refractivity contribution is 5.94. The lowest BCUT2D eigenvalue weighted by Crippen LogP contribution is -2.23. The van der Waals surface area contributed by atoms with Crippen molar-refractivity contribution < 1.29 is 4.79 Å². The van der Waals surface area contributed by atoms with Crippen LogP contribution in [-0.4, -0.2) is 12.5 Å². The molecule has 1 N–H and O–H groups in total. The van der Waals surface area contributed by atoms with Gasteiger partial charge in [-0.3, -0.25) is 4.79 Å². The van der Waals surface area contributed by atoms with Gasteiger partial charge < -0.3 is 5.32 Å². The normalized spacial score (nSPS) is 8.27. The van der Waals surface area contributed by atoms with Gasteiger partial charge in [0.1, 0.15) is 0 Å². The van der Waals surface area contributed by atoms with Crippen LogP contribution in [0, 0.1) is 23.2 Å². The van der Waals surface area contributed by atoms with Crippen molar-refractivity contribution >= 4 is 5.91 Å². The van der Waals surface area contributed by atoms with Gasteiger partial charge in [-0.2, -0.15) is 5.26 Å². The van der Waals surface area contributed by atoms with Crippen LogP contribution in [-0.2, 0) is 0 Å². The van der Waals surface area contributed by atoms with Gasteiger partial charge in [-0.15, -0.1) is 5.92 Å². The van der Waals surface area contributed by atoms with Crippen molar-refractivity contribution in [2.24, 2.45) is 0 Å². The van der Waals surface area contributed by atoms with E-state index in [1.165, 1.54) is 0 Å². The zero-order valence-electron chi connectivity index (χ0n) is 8.37. The minimum Gasteiger partial charge on any atom is -0.341 e. The average molecular weight is 198 g/mol. The predicted octanol–water partition coefficient (Wildman–Crippen LogP) is 1.31. The Kier molecular flexibility index (Phi) is 3.94. The van der Waals surface area contributed by atoms with Gasteiger partial charge in [-0.05, 0) is 25.1 Å². The third-order valence-corrected chi connectivity index (χ3v) is 1.77. The first-order valence-electron chi connectivity index (χ1n) is 4.46. The number of carbonyl (C=O) groups excluding carboxylic acids is 1. The van der Waals surface area contributed by atoms with Gasteiger partial charge in [-0.25, -0.2) is 0 Å². The first kappa shape index (κ1) is 10.8. The summed E-state index contributed by atoms with van der Waals surface area (Å²) in [6.07, 6.45) is 0. The monoisotopic (exact) mass is 198 g/mol. The van der Waals surface area contributed by atoms with Crippen molar-refractivity contribution in [3.63, 3.8) is 0 Å². The fourth-order valence-corrected chi connectivity index (χ4v) is 1.04. The van der Waals surface area contributed by atoms with Crippen molar-refractivity contribution in [1.29, 1.82) is 5.26 Å². The molecule has 1 rings (SSSR count). The SMILES string of the molecule is CC#CCNC(=O)c1cccc(C#N)c1. The van der Waals surface area contributed by atoms with E-state index in [0.717, 1.165) is 0 Å². The lowest BCUT2D eigenvalue weighted by Gasteiger charge is -2.00. The van der Waals surface area contributed by atoms with Gasteiger partial charge in [-0.1, -0.05) is 12.0 Å². The number of nitriles is 1. The van der Waals surface area contributed by atoms with Crippen LogP contribution in [0.5, 0.6) is 0 Å². The molecule has 0 fully saturated rings. The molecule has 0 heterocycles. The molecule has 0 saturated heterocycles. The zero-order chi connectivity index (χ0) is 11.1. The molecule has 15 heavy (non-hydrogen) atoms. The smallest absolute Gasteiger partial charge is 0.252 e. The molecule has 0 atom stereocenters. The van der Waals surface area contributed by atoms with E-state index >= 15 is 0 Å². The molecule has 3 heteroatoms. The Labute approximate surface area is 88.7 Å². The molecular formula is C12H10N2O. The van der Waals surface area contributed by atoms with Crippen molar-refractivity contribution in [2.45, 2.75) is 6.92 Å². The van der Waals surface area contributed by atoms with E-state index in [2.05, 4.69) is 17.2 Å². The summed E-state index contributed by atoms with van der Waals surface area (Å²) in [5.41, 5.74) is 0.955. The molecule has 74 valence electrons. The fourth-order valence-electron chi connectivity index (χ4n) is 1.04. The van der Waals surface area contributed by atoms with E-state index in [-0.39, 0.29) is 5.91 Å². The number of rotatable bonds is 2. The summed E-state index contributed by atoms with van der Waals surface area (Å²) >= 11 is 0. The Balaban J connectivity index is 2.73. The largest absolute Gasteiger partial charge is 0.341 e. The van der Waals surface area contributed by atoms with Crippen molar-refractivity contribution in [1.82, 2.24) is 5.32 Å². The van der Waals surface area contributed by atoms with Gasteiger partial charge in [0.05, 0.1) is 18.2 Å². The number of nitrogens with zero attached hydrogens (tertiary/aromatic N) is 1. The van der Waals surface area contributed by atoms with Crippen LogP contribution in [0.15, 0.2) is 24.3 Å². The molecule has 1 amide bonds. The maximum atomic E-state index is 11.5. The number of carbonyl (C=O) groups is 1. The standard InChI is InChI=1S/C12H10N2O/c1-2-3-7-14-12(15)11-6-4-5-10(8-11)9-13/h4-6,8H,7H2,1H3,(H,14,15). The molecule has 1 aromatic carbocycles. The van der Waals surface area contributed by atoms with Gasteiger partial charge in [0.15, 0.2) is 0 Å². The lowest BCUT2D eigenvalue weighted by molar-refractivity contribution is 0.0958. The second kappa shape index (κ2) is 5.47. The molecule has 3 nitrogen and oxygen atoms in total. The fraction of sp³-hybridized carbons (Fsp3) is 0.167. The first-order chi connectivity index (χ1) is 7.27. The number of amides is 1. The van der Waals surface area contributed by atoms with E-state index in [9.17, 15) is 4.79 Å². The first-order valence-corrected chi connectivity index (χ1v) is 4.46. The van der Waals surface area contributed by atoms with E-state index in [1.807, 2.05) is 6.07 Å². The summed E-state index contributed by atoms with van der Waals surface area (Å²) in [7, 11) is 0. The molecule has 0 bridgehead atoms.